The third-order valence-electron chi connectivity index (χ3n) is 3.90. The molecule has 1 aromatic rings. The van der Waals surface area contributed by atoms with Crippen molar-refractivity contribution in [1.29, 1.82) is 0 Å². The van der Waals surface area contributed by atoms with Crippen LogP contribution in [0.25, 0.3) is 0 Å². The molecule has 1 N–H and O–H groups in total. The number of hydrogen-bond donors (Lipinski definition) is 1. The fourth-order valence-corrected chi connectivity index (χ4v) is 3.66. The molecule has 1 aliphatic rings. The van der Waals surface area contributed by atoms with Gasteiger partial charge < -0.3 is 14.8 Å². The lowest BCUT2D eigenvalue weighted by atomic mass is 10.1. The van der Waals surface area contributed by atoms with Crippen LogP contribution in [0.15, 0.2) is 24.3 Å². The van der Waals surface area contributed by atoms with Gasteiger partial charge in [0.2, 0.25) is 10.0 Å². The largest absolute Gasteiger partial charge is 0.494 e. The molecule has 0 aliphatic carbocycles. The Balaban J connectivity index is 2.03. The van der Waals surface area contributed by atoms with Crippen LogP contribution < -0.4 is 10.1 Å². The molecule has 1 fully saturated rings. The summed E-state index contributed by atoms with van der Waals surface area (Å²) in [6.07, 6.45) is 0. The number of nitrogens with one attached hydrogen (secondary N) is 1. The lowest BCUT2D eigenvalue weighted by Crippen LogP contribution is -2.43. The molecule has 1 aliphatic heterocycles. The van der Waals surface area contributed by atoms with Gasteiger partial charge in [-0.05, 0) is 25.1 Å². The maximum absolute atomic E-state index is 12.4. The van der Waals surface area contributed by atoms with E-state index in [4.69, 9.17) is 9.47 Å². The Labute approximate surface area is 143 Å². The normalized spacial score (nSPS) is 21.0. The number of carbonyl (C=O) groups is 1. The highest BCUT2D eigenvalue weighted by Crippen LogP contribution is 2.19. The number of hydrogen-bond acceptors (Lipinski definition) is 5. The summed E-state index contributed by atoms with van der Waals surface area (Å²) in [6, 6.07) is 6.56. The van der Waals surface area contributed by atoms with Crippen molar-refractivity contribution in [2.75, 3.05) is 39.7 Å². The second kappa shape index (κ2) is 7.96. The first-order chi connectivity index (χ1) is 11.3. The van der Waals surface area contributed by atoms with Crippen molar-refractivity contribution < 1.29 is 22.7 Å². The molecule has 0 aromatic heterocycles. The minimum atomic E-state index is -3.35. The maximum Gasteiger partial charge on any atom is 0.251 e. The van der Waals surface area contributed by atoms with E-state index in [1.807, 2.05) is 6.92 Å². The summed E-state index contributed by atoms with van der Waals surface area (Å²) >= 11 is 0. The molecule has 0 bridgehead atoms. The van der Waals surface area contributed by atoms with Crippen molar-refractivity contribution in [2.45, 2.75) is 13.0 Å². The fraction of sp³-hybridized carbons (Fsp3) is 0.562. The molecule has 2 rings (SSSR count). The van der Waals surface area contributed by atoms with Gasteiger partial charge in [-0.25, -0.2) is 12.7 Å². The average molecular weight is 356 g/mol. The zero-order chi connectivity index (χ0) is 17.7. The zero-order valence-electron chi connectivity index (χ0n) is 14.2. The van der Waals surface area contributed by atoms with Gasteiger partial charge >= 0.3 is 0 Å². The monoisotopic (exact) mass is 356 g/mol. The second-order valence-corrected chi connectivity index (χ2v) is 8.13. The van der Waals surface area contributed by atoms with E-state index in [9.17, 15) is 13.2 Å². The molecule has 0 unspecified atom stereocenters. The van der Waals surface area contributed by atoms with E-state index in [-0.39, 0.29) is 23.6 Å². The van der Waals surface area contributed by atoms with E-state index in [0.717, 1.165) is 0 Å². The molecule has 1 aromatic carbocycles. The Hall–Kier alpha value is -1.64. The zero-order valence-corrected chi connectivity index (χ0v) is 15.0. The molecule has 7 nitrogen and oxygen atoms in total. The van der Waals surface area contributed by atoms with E-state index in [0.29, 0.717) is 31.1 Å². The van der Waals surface area contributed by atoms with Crippen LogP contribution in [-0.4, -0.2) is 64.3 Å². The SMILES string of the molecule is CCOc1cccc(C(=O)N[C@H]2COC[C@H]2CS(=O)(=O)N(C)C)c1. The maximum atomic E-state index is 12.4. The topological polar surface area (TPSA) is 84.9 Å². The van der Waals surface area contributed by atoms with Gasteiger partial charge in [0.1, 0.15) is 5.75 Å². The van der Waals surface area contributed by atoms with Crippen molar-refractivity contribution >= 4 is 15.9 Å². The van der Waals surface area contributed by atoms with E-state index < -0.39 is 10.0 Å². The molecular formula is C16H24N2O5S. The summed E-state index contributed by atoms with van der Waals surface area (Å²) in [5.41, 5.74) is 0.474. The number of benzene rings is 1. The Bertz CT molecular complexity index is 675. The average Bonchev–Trinajstić information content (AvgIpc) is 2.94. The smallest absolute Gasteiger partial charge is 0.251 e. The highest BCUT2D eigenvalue weighted by molar-refractivity contribution is 7.89. The van der Waals surface area contributed by atoms with Gasteiger partial charge in [-0.15, -0.1) is 0 Å². The van der Waals surface area contributed by atoms with Crippen LogP contribution in [0, 0.1) is 5.92 Å². The first kappa shape index (κ1) is 18.7. The van der Waals surface area contributed by atoms with Crippen LogP contribution >= 0.6 is 0 Å². The highest BCUT2D eigenvalue weighted by Gasteiger charge is 2.34. The van der Waals surface area contributed by atoms with Crippen LogP contribution in [0.4, 0.5) is 0 Å². The minimum absolute atomic E-state index is 0.0517. The number of rotatable bonds is 7. The Morgan fingerprint density at radius 1 is 1.38 bits per heavy atom. The summed E-state index contributed by atoms with van der Waals surface area (Å²) in [6.45, 7) is 3.02. The van der Waals surface area contributed by atoms with Gasteiger partial charge in [0.15, 0.2) is 0 Å². The molecule has 1 heterocycles. The number of carbonyl (C=O) groups excluding carboxylic acids is 1. The van der Waals surface area contributed by atoms with Gasteiger partial charge in [0.25, 0.3) is 5.91 Å². The van der Waals surface area contributed by atoms with Gasteiger partial charge in [-0.1, -0.05) is 6.07 Å². The standard InChI is InChI=1S/C16H24N2O5S/c1-4-23-14-7-5-6-12(8-14)16(19)17-15-10-22-9-13(15)11-24(20,21)18(2)3/h5-8,13,15H,4,9-11H2,1-3H3,(H,17,19)/t13-,15-/m0/s1. The third-order valence-corrected chi connectivity index (χ3v) is 5.87. The van der Waals surface area contributed by atoms with Crippen LogP contribution in [-0.2, 0) is 14.8 Å². The molecule has 8 heteroatoms. The van der Waals surface area contributed by atoms with Gasteiger partial charge in [-0.2, -0.15) is 0 Å². The van der Waals surface area contributed by atoms with E-state index in [2.05, 4.69) is 5.32 Å². The molecule has 24 heavy (non-hydrogen) atoms. The molecule has 0 radical (unpaired) electrons. The number of sulfonamides is 1. The minimum Gasteiger partial charge on any atom is -0.494 e. The van der Waals surface area contributed by atoms with Crippen molar-refractivity contribution in [3.05, 3.63) is 29.8 Å². The summed E-state index contributed by atoms with van der Waals surface area (Å²) in [7, 11) is -0.351. The van der Waals surface area contributed by atoms with Crippen LogP contribution in [0.3, 0.4) is 0 Å². The van der Waals surface area contributed by atoms with E-state index >= 15 is 0 Å². The molecule has 1 amide bonds. The van der Waals surface area contributed by atoms with Gasteiger partial charge in [0.05, 0.1) is 31.6 Å². The van der Waals surface area contributed by atoms with Crippen LogP contribution in [0.1, 0.15) is 17.3 Å². The summed E-state index contributed by atoms with van der Waals surface area (Å²) in [5.74, 6) is 0.0412. The van der Waals surface area contributed by atoms with Crippen LogP contribution in [0.5, 0.6) is 5.75 Å². The number of nitrogens with zero attached hydrogens (tertiary/aromatic N) is 1. The van der Waals surface area contributed by atoms with Crippen molar-refractivity contribution in [3.8, 4) is 5.75 Å². The van der Waals surface area contributed by atoms with E-state index in [1.54, 1.807) is 24.3 Å². The quantitative estimate of drug-likeness (QED) is 0.778. The van der Waals surface area contributed by atoms with Crippen LogP contribution in [0.2, 0.25) is 0 Å². The summed E-state index contributed by atoms with van der Waals surface area (Å²) in [4.78, 5) is 12.4. The number of amides is 1. The van der Waals surface area contributed by atoms with Gasteiger partial charge in [0, 0.05) is 25.6 Å². The lowest BCUT2D eigenvalue weighted by Gasteiger charge is -2.21. The molecule has 134 valence electrons. The van der Waals surface area contributed by atoms with Crippen molar-refractivity contribution in [2.24, 2.45) is 5.92 Å². The number of ether oxygens (including phenoxy) is 2. The fourth-order valence-electron chi connectivity index (χ4n) is 2.49. The predicted molar refractivity (Wildman–Crippen MR) is 90.6 cm³/mol. The van der Waals surface area contributed by atoms with E-state index in [1.165, 1.54) is 18.4 Å². The predicted octanol–water partition coefficient (Wildman–Crippen LogP) is 0.722. The third kappa shape index (κ3) is 4.68. The Morgan fingerprint density at radius 2 is 2.12 bits per heavy atom. The van der Waals surface area contributed by atoms with Gasteiger partial charge in [-0.3, -0.25) is 4.79 Å². The summed E-state index contributed by atoms with van der Waals surface area (Å²) < 4.78 is 36.0. The molecule has 1 saturated heterocycles. The molecular weight excluding hydrogens is 332 g/mol. The highest BCUT2D eigenvalue weighted by atomic mass is 32.2. The first-order valence-electron chi connectivity index (χ1n) is 7.85. The lowest BCUT2D eigenvalue weighted by molar-refractivity contribution is 0.0925. The Morgan fingerprint density at radius 3 is 2.79 bits per heavy atom. The van der Waals surface area contributed by atoms with Crippen molar-refractivity contribution in [1.82, 2.24) is 9.62 Å². The second-order valence-electron chi connectivity index (χ2n) is 5.90. The molecule has 0 saturated carbocycles. The Kier molecular flexibility index (Phi) is 6.20. The first-order valence-corrected chi connectivity index (χ1v) is 9.46. The summed E-state index contributed by atoms with van der Waals surface area (Å²) in [5, 5.41) is 2.87. The molecule has 0 spiro atoms. The van der Waals surface area contributed by atoms with Crippen molar-refractivity contribution in [3.63, 3.8) is 0 Å². The molecule has 2 atom stereocenters.